The average Bonchev–Trinajstić information content (AvgIpc) is 3.86. The van der Waals surface area contributed by atoms with Crippen molar-refractivity contribution in [3.63, 3.8) is 0 Å². The monoisotopic (exact) mass is 644 g/mol. The lowest BCUT2D eigenvalue weighted by Crippen LogP contribution is -2.64. The highest BCUT2D eigenvalue weighted by atomic mass is 28.1. The van der Waals surface area contributed by atoms with E-state index in [0.717, 1.165) is 41.0 Å². The van der Waals surface area contributed by atoms with Gasteiger partial charge in [-0.3, -0.25) is 9.78 Å². The third kappa shape index (κ3) is 6.99. The van der Waals surface area contributed by atoms with Crippen molar-refractivity contribution >= 4 is 38.4 Å². The molecule has 1 amide bonds. The van der Waals surface area contributed by atoms with E-state index in [2.05, 4.69) is 20.9 Å². The Morgan fingerprint density at radius 2 is 2.04 bits per heavy atom. The van der Waals surface area contributed by atoms with Gasteiger partial charge in [-0.15, -0.1) is 0 Å². The SMILES string of the molecule is CN(C)C/C=C/C(=O)N1CCN(c2nc(OCCOC3CC3)nc3c2CCN(c2cncc4cccc(F)c24)C3)C[C@@]1([SiH3])CC#N. The molecule has 0 bridgehead atoms. The summed E-state index contributed by atoms with van der Waals surface area (Å²) in [4.78, 5) is 35.6. The van der Waals surface area contributed by atoms with Gasteiger partial charge >= 0.3 is 6.01 Å². The number of carbonyl (C=O) groups excluding carboxylic acids is 1. The normalized spacial score (nSPS) is 20.0. The molecule has 11 nitrogen and oxygen atoms in total. The molecular weight excluding hydrogens is 604 g/mol. The van der Waals surface area contributed by atoms with E-state index in [9.17, 15) is 10.1 Å². The van der Waals surface area contributed by atoms with Crippen molar-refractivity contribution in [2.45, 2.75) is 43.5 Å². The Hall–Kier alpha value is -4.12. The topological polar surface area (TPSA) is 111 Å². The van der Waals surface area contributed by atoms with E-state index in [1.807, 2.05) is 36.0 Å². The van der Waals surface area contributed by atoms with Gasteiger partial charge in [-0.05, 0) is 39.4 Å². The molecule has 13 heteroatoms. The molecule has 1 atom stereocenters. The Morgan fingerprint density at radius 3 is 2.83 bits per heavy atom. The zero-order chi connectivity index (χ0) is 32.3. The maximum Gasteiger partial charge on any atom is 0.318 e. The third-order valence-corrected chi connectivity index (χ3v) is 10.0. The summed E-state index contributed by atoms with van der Waals surface area (Å²) in [6.45, 7) is 4.07. The lowest BCUT2D eigenvalue weighted by atomic mass is 10.0. The number of nitriles is 1. The van der Waals surface area contributed by atoms with Gasteiger partial charge < -0.3 is 29.1 Å². The molecule has 242 valence electrons. The third-order valence-electron chi connectivity index (χ3n) is 8.80. The van der Waals surface area contributed by atoms with E-state index in [-0.39, 0.29) is 24.2 Å². The highest BCUT2D eigenvalue weighted by Gasteiger charge is 2.41. The summed E-state index contributed by atoms with van der Waals surface area (Å²) in [5, 5.41) is 10.5. The number of fused-ring (bicyclic) bond motifs is 2. The number of nitrogens with zero attached hydrogens (tertiary/aromatic N) is 8. The molecular formula is C33H41FN8O3Si. The first-order valence-electron chi connectivity index (χ1n) is 15.9. The molecule has 0 spiro atoms. The molecule has 1 aromatic carbocycles. The first-order chi connectivity index (χ1) is 22.3. The predicted octanol–water partition coefficient (Wildman–Crippen LogP) is 2.03. The van der Waals surface area contributed by atoms with Gasteiger partial charge in [0.05, 0.1) is 54.5 Å². The molecule has 6 rings (SSSR count). The van der Waals surface area contributed by atoms with Crippen LogP contribution in [0.4, 0.5) is 15.9 Å². The van der Waals surface area contributed by atoms with Gasteiger partial charge in [0.1, 0.15) is 18.2 Å². The second kappa shape index (κ2) is 13.7. The molecule has 3 aromatic rings. The van der Waals surface area contributed by atoms with Crippen molar-refractivity contribution < 1.29 is 18.7 Å². The molecule has 0 radical (unpaired) electrons. The number of hydrogen-bond acceptors (Lipinski definition) is 10. The number of amides is 1. The average molecular weight is 645 g/mol. The number of carbonyl (C=O) groups is 1. The molecule has 2 aromatic heterocycles. The summed E-state index contributed by atoms with van der Waals surface area (Å²) in [6.07, 6.45) is 10.3. The van der Waals surface area contributed by atoms with Gasteiger partial charge in [-0.25, -0.2) is 4.39 Å². The Balaban J connectivity index is 1.30. The molecule has 4 heterocycles. The van der Waals surface area contributed by atoms with Crippen LogP contribution in [0.1, 0.15) is 30.5 Å². The molecule has 0 unspecified atom stereocenters. The largest absolute Gasteiger partial charge is 0.461 e. The summed E-state index contributed by atoms with van der Waals surface area (Å²) in [6, 6.07) is 7.65. The molecule has 1 saturated heterocycles. The van der Waals surface area contributed by atoms with Crippen LogP contribution >= 0.6 is 0 Å². The van der Waals surface area contributed by atoms with Crippen molar-refractivity contribution in [1.82, 2.24) is 24.8 Å². The van der Waals surface area contributed by atoms with E-state index >= 15 is 4.39 Å². The van der Waals surface area contributed by atoms with Gasteiger partial charge in [0.15, 0.2) is 0 Å². The van der Waals surface area contributed by atoms with Crippen LogP contribution in [0.15, 0.2) is 42.7 Å². The number of pyridine rings is 1. The molecule has 3 aliphatic rings. The van der Waals surface area contributed by atoms with Gasteiger partial charge in [0, 0.05) is 71.6 Å². The smallest absolute Gasteiger partial charge is 0.318 e. The fourth-order valence-corrected chi connectivity index (χ4v) is 7.30. The Labute approximate surface area is 272 Å². The summed E-state index contributed by atoms with van der Waals surface area (Å²) in [7, 11) is 4.52. The van der Waals surface area contributed by atoms with Crippen LogP contribution in [0.3, 0.4) is 0 Å². The lowest BCUT2D eigenvalue weighted by Gasteiger charge is -2.49. The summed E-state index contributed by atoms with van der Waals surface area (Å²) in [5.41, 5.74) is 2.55. The maximum atomic E-state index is 15.1. The molecule has 2 fully saturated rings. The number of aromatic nitrogens is 3. The lowest BCUT2D eigenvalue weighted by molar-refractivity contribution is -0.129. The molecule has 2 aliphatic heterocycles. The van der Waals surface area contributed by atoms with Crippen LogP contribution in [-0.2, 0) is 22.5 Å². The molecule has 1 aliphatic carbocycles. The van der Waals surface area contributed by atoms with Crippen molar-refractivity contribution in [2.75, 3.05) is 69.8 Å². The van der Waals surface area contributed by atoms with Crippen molar-refractivity contribution in [1.29, 1.82) is 5.26 Å². The van der Waals surface area contributed by atoms with E-state index in [1.54, 1.807) is 24.5 Å². The highest BCUT2D eigenvalue weighted by Crippen LogP contribution is 2.36. The first kappa shape index (κ1) is 31.8. The van der Waals surface area contributed by atoms with Gasteiger partial charge in [-0.2, -0.15) is 15.2 Å². The van der Waals surface area contributed by atoms with E-state index < -0.39 is 5.16 Å². The Morgan fingerprint density at radius 1 is 1.20 bits per heavy atom. The van der Waals surface area contributed by atoms with Crippen LogP contribution in [0.5, 0.6) is 6.01 Å². The van der Waals surface area contributed by atoms with Crippen LogP contribution in [0.2, 0.25) is 0 Å². The summed E-state index contributed by atoms with van der Waals surface area (Å²) in [5.74, 6) is 0.426. The van der Waals surface area contributed by atoms with Crippen molar-refractivity contribution in [3.8, 4) is 12.1 Å². The second-order valence-corrected chi connectivity index (χ2v) is 14.6. The zero-order valence-corrected chi connectivity index (χ0v) is 28.8. The number of hydrogen-bond donors (Lipinski definition) is 0. The number of piperazine rings is 1. The minimum atomic E-state index is -0.587. The highest BCUT2D eigenvalue weighted by molar-refractivity contribution is 6.18. The second-order valence-electron chi connectivity index (χ2n) is 12.7. The fourth-order valence-electron chi connectivity index (χ4n) is 6.31. The number of anilines is 2. The van der Waals surface area contributed by atoms with Crippen LogP contribution in [0, 0.1) is 17.1 Å². The van der Waals surface area contributed by atoms with E-state index in [0.29, 0.717) is 80.6 Å². The van der Waals surface area contributed by atoms with Crippen molar-refractivity contribution in [3.05, 3.63) is 59.8 Å². The number of benzene rings is 1. The Bertz CT molecular complexity index is 1660. The van der Waals surface area contributed by atoms with Gasteiger partial charge in [0.25, 0.3) is 0 Å². The number of likely N-dealkylation sites (N-methyl/N-ethyl adjacent to an activating group) is 1. The Kier molecular flexibility index (Phi) is 9.48. The molecule has 0 N–H and O–H groups in total. The van der Waals surface area contributed by atoms with E-state index in [4.69, 9.17) is 19.4 Å². The van der Waals surface area contributed by atoms with Gasteiger partial charge in [0.2, 0.25) is 5.91 Å². The number of halogens is 1. The molecule has 46 heavy (non-hydrogen) atoms. The minimum absolute atomic E-state index is 0.0669. The fraction of sp³-hybridized carbons (Fsp3) is 0.485. The van der Waals surface area contributed by atoms with Gasteiger partial charge in [-0.1, -0.05) is 18.2 Å². The summed E-state index contributed by atoms with van der Waals surface area (Å²) < 4.78 is 26.9. The minimum Gasteiger partial charge on any atom is -0.461 e. The predicted molar refractivity (Wildman–Crippen MR) is 177 cm³/mol. The van der Waals surface area contributed by atoms with E-state index in [1.165, 1.54) is 6.07 Å². The van der Waals surface area contributed by atoms with Crippen LogP contribution < -0.4 is 14.5 Å². The zero-order valence-electron chi connectivity index (χ0n) is 26.8. The molecule has 1 saturated carbocycles. The first-order valence-corrected chi connectivity index (χ1v) is 16.9. The maximum absolute atomic E-state index is 15.1. The van der Waals surface area contributed by atoms with Crippen molar-refractivity contribution in [2.24, 2.45) is 0 Å². The van der Waals surface area contributed by atoms with Crippen LogP contribution in [-0.4, -0.2) is 112 Å². The number of ether oxygens (including phenoxy) is 2. The van der Waals surface area contributed by atoms with Crippen LogP contribution in [0.25, 0.3) is 10.8 Å². The standard InChI is InChI=1S/C33H41FN8O3Si/c1-39(2)13-4-7-29(43)42-16-15-41(22-33(42,46)11-12-35)31-25-10-14-40(28-20-36-19-23-5-3-6-26(34)30(23)28)21-27(25)37-32(38-31)45-18-17-44-24-8-9-24/h3-7,19-20,24H,8-11,13-18,21-22H2,1-2,46H3/b7-4+/t33-/m0/s1. The quantitative estimate of drug-likeness (QED) is 0.175. The number of rotatable bonds is 11. The summed E-state index contributed by atoms with van der Waals surface area (Å²) >= 11 is 0.